The van der Waals surface area contributed by atoms with Crippen molar-refractivity contribution in [3.8, 4) is 6.07 Å². The Morgan fingerprint density at radius 1 is 1.67 bits per heavy atom. The molecule has 1 N–H and O–H groups in total. The van der Waals surface area contributed by atoms with Crippen LogP contribution < -0.4 is 5.32 Å². The third kappa shape index (κ3) is 2.55. The van der Waals surface area contributed by atoms with Crippen molar-refractivity contribution in [1.82, 2.24) is 10.3 Å². The summed E-state index contributed by atoms with van der Waals surface area (Å²) in [4.78, 5) is 4.40. The second kappa shape index (κ2) is 4.73. The lowest BCUT2D eigenvalue weighted by Gasteiger charge is -2.13. The van der Waals surface area contributed by atoms with Gasteiger partial charge < -0.3 is 5.32 Å². The van der Waals surface area contributed by atoms with Gasteiger partial charge in [0, 0.05) is 23.7 Å². The first kappa shape index (κ1) is 10.6. The fourth-order valence-electron chi connectivity index (χ4n) is 2.06. The summed E-state index contributed by atoms with van der Waals surface area (Å²) in [5.74, 6) is 0.200. The van der Waals surface area contributed by atoms with E-state index in [9.17, 15) is 0 Å². The molecule has 2 rings (SSSR count). The monoisotopic (exact) mass is 221 g/mol. The molecule has 1 fully saturated rings. The van der Waals surface area contributed by atoms with E-state index in [2.05, 4.69) is 21.8 Å². The molecule has 0 aromatic carbocycles. The number of aromatic nitrogens is 1. The molecule has 2 atom stereocenters. The molecule has 0 radical (unpaired) electrons. The normalized spacial score (nSPS) is 25.3. The van der Waals surface area contributed by atoms with Gasteiger partial charge in [-0.3, -0.25) is 0 Å². The maximum Gasteiger partial charge on any atom is 0.107 e. The standard InChI is InChI=1S/C11H15N3S/c1-8-7-15-11(14-8)6-13-10-4-2-3-9(10)5-12/h7,9-10,13H,2-4,6H2,1H3. The van der Waals surface area contributed by atoms with E-state index < -0.39 is 0 Å². The zero-order valence-electron chi connectivity index (χ0n) is 8.86. The first-order valence-corrected chi connectivity index (χ1v) is 6.21. The van der Waals surface area contributed by atoms with Gasteiger partial charge in [0.1, 0.15) is 5.01 Å². The molecule has 1 heterocycles. The molecule has 0 aliphatic heterocycles. The quantitative estimate of drug-likeness (QED) is 0.851. The van der Waals surface area contributed by atoms with Crippen molar-refractivity contribution in [3.63, 3.8) is 0 Å². The van der Waals surface area contributed by atoms with Gasteiger partial charge in [0.05, 0.1) is 12.0 Å². The summed E-state index contributed by atoms with van der Waals surface area (Å²) < 4.78 is 0. The Kier molecular flexibility index (Phi) is 3.34. The molecule has 80 valence electrons. The fourth-order valence-corrected chi connectivity index (χ4v) is 2.78. The van der Waals surface area contributed by atoms with Crippen LogP contribution >= 0.6 is 11.3 Å². The van der Waals surface area contributed by atoms with Gasteiger partial charge in [0.25, 0.3) is 0 Å². The van der Waals surface area contributed by atoms with Crippen molar-refractivity contribution in [2.24, 2.45) is 5.92 Å². The summed E-state index contributed by atoms with van der Waals surface area (Å²) in [5.41, 5.74) is 1.08. The Balaban J connectivity index is 1.85. The van der Waals surface area contributed by atoms with Gasteiger partial charge in [-0.05, 0) is 19.8 Å². The molecule has 1 aliphatic rings. The zero-order chi connectivity index (χ0) is 10.7. The minimum Gasteiger partial charge on any atom is -0.306 e. The average molecular weight is 221 g/mol. The lowest BCUT2D eigenvalue weighted by molar-refractivity contribution is 0.464. The van der Waals surface area contributed by atoms with Crippen molar-refractivity contribution in [1.29, 1.82) is 5.26 Å². The first-order valence-electron chi connectivity index (χ1n) is 5.33. The SMILES string of the molecule is Cc1csc(CNC2CCCC2C#N)n1. The molecule has 2 unspecified atom stereocenters. The van der Waals surface area contributed by atoms with E-state index in [4.69, 9.17) is 5.26 Å². The van der Waals surface area contributed by atoms with E-state index in [0.29, 0.717) is 6.04 Å². The van der Waals surface area contributed by atoms with Crippen molar-refractivity contribution in [2.45, 2.75) is 38.8 Å². The average Bonchev–Trinajstić information content (AvgIpc) is 2.83. The van der Waals surface area contributed by atoms with Crippen LogP contribution in [0.15, 0.2) is 5.38 Å². The minimum absolute atomic E-state index is 0.200. The summed E-state index contributed by atoms with van der Waals surface area (Å²) in [7, 11) is 0. The van der Waals surface area contributed by atoms with Crippen LogP contribution in [-0.2, 0) is 6.54 Å². The highest BCUT2D eigenvalue weighted by Gasteiger charge is 2.26. The maximum absolute atomic E-state index is 8.93. The Hall–Kier alpha value is -0.920. The topological polar surface area (TPSA) is 48.7 Å². The number of nitrogens with zero attached hydrogens (tertiary/aromatic N) is 2. The third-order valence-corrected chi connectivity index (χ3v) is 3.83. The van der Waals surface area contributed by atoms with Crippen LogP contribution in [0.2, 0.25) is 0 Å². The highest BCUT2D eigenvalue weighted by molar-refractivity contribution is 7.09. The lowest BCUT2D eigenvalue weighted by atomic mass is 10.1. The summed E-state index contributed by atoms with van der Waals surface area (Å²) in [6.45, 7) is 2.81. The molecule has 0 bridgehead atoms. The van der Waals surface area contributed by atoms with Crippen LogP contribution in [-0.4, -0.2) is 11.0 Å². The summed E-state index contributed by atoms with van der Waals surface area (Å²) in [6, 6.07) is 2.75. The molecule has 1 aromatic rings. The number of rotatable bonds is 3. The van der Waals surface area contributed by atoms with Gasteiger partial charge in [-0.25, -0.2) is 4.98 Å². The Bertz CT molecular complexity index is 366. The molecule has 1 aromatic heterocycles. The fraction of sp³-hybridized carbons (Fsp3) is 0.636. The van der Waals surface area contributed by atoms with Gasteiger partial charge in [0.2, 0.25) is 0 Å². The minimum atomic E-state index is 0.200. The zero-order valence-corrected chi connectivity index (χ0v) is 9.68. The molecule has 0 amide bonds. The number of nitrogens with one attached hydrogen (secondary N) is 1. The summed E-state index contributed by atoms with van der Waals surface area (Å²) in [6.07, 6.45) is 3.35. The van der Waals surface area contributed by atoms with Crippen molar-refractivity contribution in [2.75, 3.05) is 0 Å². The molecule has 1 saturated carbocycles. The molecule has 0 spiro atoms. The van der Waals surface area contributed by atoms with Gasteiger partial charge in [-0.1, -0.05) is 6.42 Å². The van der Waals surface area contributed by atoms with E-state index in [0.717, 1.165) is 30.1 Å². The molecular weight excluding hydrogens is 206 g/mol. The van der Waals surface area contributed by atoms with Crippen LogP contribution in [0.25, 0.3) is 0 Å². The second-order valence-corrected chi connectivity index (χ2v) is 4.98. The smallest absolute Gasteiger partial charge is 0.107 e. The molecule has 3 nitrogen and oxygen atoms in total. The van der Waals surface area contributed by atoms with Crippen molar-refractivity contribution in [3.05, 3.63) is 16.1 Å². The lowest BCUT2D eigenvalue weighted by Crippen LogP contribution is -2.31. The second-order valence-electron chi connectivity index (χ2n) is 4.04. The largest absolute Gasteiger partial charge is 0.306 e. The van der Waals surface area contributed by atoms with E-state index in [1.165, 1.54) is 6.42 Å². The number of thiazole rings is 1. The number of hydrogen-bond acceptors (Lipinski definition) is 4. The first-order chi connectivity index (χ1) is 7.29. The van der Waals surface area contributed by atoms with Crippen LogP contribution in [0.1, 0.15) is 30.0 Å². The van der Waals surface area contributed by atoms with Crippen LogP contribution in [0.4, 0.5) is 0 Å². The summed E-state index contributed by atoms with van der Waals surface area (Å²) in [5, 5.41) is 15.6. The third-order valence-electron chi connectivity index (χ3n) is 2.86. The van der Waals surface area contributed by atoms with Crippen molar-refractivity contribution < 1.29 is 0 Å². The molecule has 15 heavy (non-hydrogen) atoms. The molecule has 4 heteroatoms. The van der Waals surface area contributed by atoms with Gasteiger partial charge in [0.15, 0.2) is 0 Å². The van der Waals surface area contributed by atoms with Crippen LogP contribution in [0, 0.1) is 24.2 Å². The van der Waals surface area contributed by atoms with Gasteiger partial charge in [-0.15, -0.1) is 11.3 Å². The van der Waals surface area contributed by atoms with Crippen molar-refractivity contribution >= 4 is 11.3 Å². The molecular formula is C11H15N3S. The van der Waals surface area contributed by atoms with Gasteiger partial charge in [-0.2, -0.15) is 5.26 Å². The molecule has 1 aliphatic carbocycles. The van der Waals surface area contributed by atoms with Gasteiger partial charge >= 0.3 is 0 Å². The van der Waals surface area contributed by atoms with Crippen LogP contribution in [0.5, 0.6) is 0 Å². The highest BCUT2D eigenvalue weighted by Crippen LogP contribution is 2.25. The summed E-state index contributed by atoms with van der Waals surface area (Å²) >= 11 is 1.69. The Labute approximate surface area is 94.1 Å². The molecule has 0 saturated heterocycles. The van der Waals surface area contributed by atoms with E-state index in [1.807, 2.05) is 6.92 Å². The number of aryl methyl sites for hydroxylation is 1. The number of hydrogen-bond donors (Lipinski definition) is 1. The van der Waals surface area contributed by atoms with Crippen LogP contribution in [0.3, 0.4) is 0 Å². The van der Waals surface area contributed by atoms with E-state index >= 15 is 0 Å². The predicted molar refractivity (Wildman–Crippen MR) is 60.4 cm³/mol. The highest BCUT2D eigenvalue weighted by atomic mass is 32.1. The number of nitriles is 1. The van der Waals surface area contributed by atoms with E-state index in [-0.39, 0.29) is 5.92 Å². The predicted octanol–water partition coefficient (Wildman–Crippen LogP) is 2.23. The Morgan fingerprint density at radius 3 is 3.20 bits per heavy atom. The van der Waals surface area contributed by atoms with E-state index in [1.54, 1.807) is 11.3 Å². The Morgan fingerprint density at radius 2 is 2.53 bits per heavy atom. The maximum atomic E-state index is 8.93.